The third kappa shape index (κ3) is 4.36. The summed E-state index contributed by atoms with van der Waals surface area (Å²) < 4.78 is 0. The number of nitrogens with zero attached hydrogens (tertiary/aromatic N) is 1. The Hall–Kier alpha value is -1.41. The molecule has 2 heteroatoms. The Labute approximate surface area is 146 Å². The lowest BCUT2D eigenvalue weighted by Crippen LogP contribution is -2.25. The van der Waals surface area contributed by atoms with E-state index in [0.29, 0.717) is 5.92 Å². The summed E-state index contributed by atoms with van der Waals surface area (Å²) in [6, 6.07) is 9.20. The van der Waals surface area contributed by atoms with Gasteiger partial charge < -0.3 is 5.11 Å². The topological polar surface area (TPSA) is 32.6 Å². The molecule has 0 amide bonds. The van der Waals surface area contributed by atoms with Crippen molar-refractivity contribution in [2.45, 2.75) is 82.3 Å². The fourth-order valence-corrected chi connectivity index (χ4v) is 4.15. The monoisotopic (exact) mass is 325 g/mol. The van der Waals surface area contributed by atoms with Gasteiger partial charge in [-0.25, -0.2) is 0 Å². The fraction of sp³-hybridized carbons (Fsp3) is 0.591. The minimum atomic E-state index is -0.0736. The average molecular weight is 325 g/mol. The Balaban J connectivity index is 1.62. The molecule has 2 aliphatic rings. The van der Waals surface area contributed by atoms with Crippen LogP contribution in [0, 0.1) is 0 Å². The van der Waals surface area contributed by atoms with Gasteiger partial charge in [0.2, 0.25) is 0 Å². The van der Waals surface area contributed by atoms with Gasteiger partial charge in [0.15, 0.2) is 0 Å². The Morgan fingerprint density at radius 2 is 1.83 bits per heavy atom. The van der Waals surface area contributed by atoms with E-state index >= 15 is 0 Å². The second-order valence-corrected chi connectivity index (χ2v) is 7.62. The molecular weight excluding hydrogens is 294 g/mol. The second-order valence-electron chi connectivity index (χ2n) is 7.62. The van der Waals surface area contributed by atoms with E-state index in [0.717, 1.165) is 38.5 Å². The highest BCUT2D eigenvalue weighted by atomic mass is 16.3. The van der Waals surface area contributed by atoms with E-state index < -0.39 is 0 Å². The molecule has 1 aliphatic carbocycles. The normalized spacial score (nSPS) is 29.2. The Kier molecular flexibility index (Phi) is 5.89. The maximum Gasteiger partial charge on any atom is 0.0831 e. The third-order valence-corrected chi connectivity index (χ3v) is 5.70. The predicted molar refractivity (Wildman–Crippen MR) is 102 cm³/mol. The van der Waals surface area contributed by atoms with Crippen LogP contribution in [0.15, 0.2) is 41.4 Å². The van der Waals surface area contributed by atoms with Crippen molar-refractivity contribution in [3.05, 3.63) is 47.5 Å². The molecule has 1 fully saturated rings. The standard InChI is InChI=1S/C22H31NO/c1-2-3-4-14-22(15-5-16-23-22)17-18-6-8-19(9-7-18)20-10-12-21(24)13-11-20/h5-9,15-16,20-21,24H,2-4,10-14,17H2,1H3. The summed E-state index contributed by atoms with van der Waals surface area (Å²) in [6.45, 7) is 2.25. The maximum atomic E-state index is 9.67. The van der Waals surface area contributed by atoms with Crippen LogP contribution in [0.1, 0.15) is 75.3 Å². The number of rotatable bonds is 7. The predicted octanol–water partition coefficient (Wildman–Crippen LogP) is 5.21. The molecule has 0 bridgehead atoms. The van der Waals surface area contributed by atoms with Gasteiger partial charge in [-0.3, -0.25) is 4.99 Å². The second kappa shape index (κ2) is 8.11. The molecular formula is C22H31NO. The quantitative estimate of drug-likeness (QED) is 0.686. The van der Waals surface area contributed by atoms with Crippen LogP contribution in [0.4, 0.5) is 0 Å². The summed E-state index contributed by atoms with van der Waals surface area (Å²) in [5.74, 6) is 0.630. The van der Waals surface area contributed by atoms with Crippen LogP contribution < -0.4 is 0 Å². The molecule has 24 heavy (non-hydrogen) atoms. The van der Waals surface area contributed by atoms with Crippen molar-refractivity contribution in [3.63, 3.8) is 0 Å². The van der Waals surface area contributed by atoms with Gasteiger partial charge in [0.1, 0.15) is 0 Å². The Morgan fingerprint density at radius 3 is 2.46 bits per heavy atom. The molecule has 0 aromatic heterocycles. The van der Waals surface area contributed by atoms with E-state index in [1.54, 1.807) is 0 Å². The van der Waals surface area contributed by atoms with Crippen LogP contribution in [0.2, 0.25) is 0 Å². The summed E-state index contributed by atoms with van der Waals surface area (Å²) in [4.78, 5) is 4.79. The molecule has 0 saturated heterocycles. The van der Waals surface area contributed by atoms with E-state index in [-0.39, 0.29) is 11.6 Å². The largest absolute Gasteiger partial charge is 0.393 e. The molecule has 1 aromatic rings. The molecule has 0 radical (unpaired) electrons. The zero-order chi connectivity index (χ0) is 16.8. The molecule has 2 nitrogen and oxygen atoms in total. The fourth-order valence-electron chi connectivity index (χ4n) is 4.15. The number of aliphatic imine (C=N–C) groups is 1. The van der Waals surface area contributed by atoms with Gasteiger partial charge in [-0.2, -0.15) is 0 Å². The zero-order valence-electron chi connectivity index (χ0n) is 15.0. The first-order chi connectivity index (χ1) is 11.7. The van der Waals surface area contributed by atoms with Crippen LogP contribution in [0.5, 0.6) is 0 Å². The van der Waals surface area contributed by atoms with Crippen molar-refractivity contribution in [2.75, 3.05) is 0 Å². The van der Waals surface area contributed by atoms with Crippen molar-refractivity contribution in [1.82, 2.24) is 0 Å². The molecule has 1 heterocycles. The van der Waals surface area contributed by atoms with Crippen molar-refractivity contribution >= 4 is 6.21 Å². The highest BCUT2D eigenvalue weighted by Gasteiger charge is 2.28. The smallest absolute Gasteiger partial charge is 0.0831 e. The first-order valence-corrected chi connectivity index (χ1v) is 9.71. The highest BCUT2D eigenvalue weighted by molar-refractivity contribution is 5.75. The van der Waals surface area contributed by atoms with Gasteiger partial charge in [0.25, 0.3) is 0 Å². The van der Waals surface area contributed by atoms with Gasteiger partial charge >= 0.3 is 0 Å². The third-order valence-electron chi connectivity index (χ3n) is 5.70. The summed E-state index contributed by atoms with van der Waals surface area (Å²) in [5.41, 5.74) is 2.82. The van der Waals surface area contributed by atoms with Gasteiger partial charge in [0, 0.05) is 12.6 Å². The molecule has 1 atom stereocenters. The molecule has 1 N–H and O–H groups in total. The first kappa shape index (κ1) is 17.4. The lowest BCUT2D eigenvalue weighted by Gasteiger charge is -2.27. The summed E-state index contributed by atoms with van der Waals surface area (Å²) >= 11 is 0. The molecule has 1 aliphatic heterocycles. The highest BCUT2D eigenvalue weighted by Crippen LogP contribution is 2.34. The van der Waals surface area contributed by atoms with Crippen molar-refractivity contribution in [2.24, 2.45) is 4.99 Å². The lowest BCUT2D eigenvalue weighted by atomic mass is 9.81. The number of allylic oxidation sites excluding steroid dienone is 1. The number of aliphatic hydroxyl groups is 1. The molecule has 0 spiro atoms. The van der Waals surface area contributed by atoms with Crippen molar-refractivity contribution in [3.8, 4) is 0 Å². The lowest BCUT2D eigenvalue weighted by molar-refractivity contribution is 0.122. The van der Waals surface area contributed by atoms with E-state index in [1.165, 1.54) is 30.4 Å². The van der Waals surface area contributed by atoms with Gasteiger partial charge in [-0.15, -0.1) is 0 Å². The number of benzene rings is 1. The minimum Gasteiger partial charge on any atom is -0.393 e. The Morgan fingerprint density at radius 1 is 1.08 bits per heavy atom. The number of unbranched alkanes of at least 4 members (excludes halogenated alkanes) is 2. The van der Waals surface area contributed by atoms with E-state index in [4.69, 9.17) is 4.99 Å². The average Bonchev–Trinajstić information content (AvgIpc) is 3.05. The van der Waals surface area contributed by atoms with Crippen LogP contribution in [0.3, 0.4) is 0 Å². The van der Waals surface area contributed by atoms with E-state index in [2.05, 4.69) is 43.3 Å². The number of hydrogen-bond donors (Lipinski definition) is 1. The first-order valence-electron chi connectivity index (χ1n) is 9.71. The van der Waals surface area contributed by atoms with E-state index in [1.807, 2.05) is 6.21 Å². The summed E-state index contributed by atoms with van der Waals surface area (Å²) in [7, 11) is 0. The molecule has 3 rings (SSSR count). The van der Waals surface area contributed by atoms with Crippen LogP contribution in [-0.2, 0) is 6.42 Å². The zero-order valence-corrected chi connectivity index (χ0v) is 15.0. The summed E-state index contributed by atoms with van der Waals surface area (Å²) in [6.07, 6.45) is 16.4. The SMILES string of the molecule is CCCCCC1(Cc2ccc(C3CCC(O)CC3)cc2)C=CC=N1. The Bertz CT molecular complexity index is 552. The molecule has 1 saturated carbocycles. The van der Waals surface area contributed by atoms with Gasteiger partial charge in [-0.05, 0) is 55.2 Å². The molecule has 130 valence electrons. The van der Waals surface area contributed by atoms with Crippen LogP contribution in [0.25, 0.3) is 0 Å². The van der Waals surface area contributed by atoms with Gasteiger partial charge in [-0.1, -0.05) is 56.5 Å². The van der Waals surface area contributed by atoms with Crippen LogP contribution >= 0.6 is 0 Å². The number of hydrogen-bond acceptors (Lipinski definition) is 2. The van der Waals surface area contributed by atoms with Gasteiger partial charge in [0.05, 0.1) is 11.6 Å². The maximum absolute atomic E-state index is 9.67. The minimum absolute atomic E-state index is 0.00830. The van der Waals surface area contributed by atoms with Crippen molar-refractivity contribution in [1.29, 1.82) is 0 Å². The molecule has 1 aromatic carbocycles. The number of aliphatic hydroxyl groups excluding tert-OH is 1. The molecule has 1 unspecified atom stereocenters. The summed E-state index contributed by atoms with van der Waals surface area (Å²) in [5, 5.41) is 9.67. The van der Waals surface area contributed by atoms with Crippen molar-refractivity contribution < 1.29 is 5.11 Å². The van der Waals surface area contributed by atoms with Crippen LogP contribution in [-0.4, -0.2) is 23.0 Å². The van der Waals surface area contributed by atoms with E-state index in [9.17, 15) is 5.11 Å².